The summed E-state index contributed by atoms with van der Waals surface area (Å²) in [5.41, 5.74) is 3.59. The van der Waals surface area contributed by atoms with E-state index >= 15 is 0 Å². The van der Waals surface area contributed by atoms with Crippen LogP contribution in [0.1, 0.15) is 28.4 Å². The van der Waals surface area contributed by atoms with Crippen LogP contribution in [0.5, 0.6) is 5.75 Å². The van der Waals surface area contributed by atoms with Crippen molar-refractivity contribution in [1.29, 1.82) is 0 Å². The number of amides is 2. The molecule has 0 spiro atoms. The number of para-hydroxylation sites is 1. The van der Waals surface area contributed by atoms with Crippen LogP contribution in [0.15, 0.2) is 84.0 Å². The fourth-order valence-corrected chi connectivity index (χ4v) is 4.30. The molecule has 0 bridgehead atoms. The van der Waals surface area contributed by atoms with E-state index < -0.39 is 12.1 Å². The third kappa shape index (κ3) is 5.55. The number of carbonyl (C=O) groups excluding carboxylic acids is 2. The summed E-state index contributed by atoms with van der Waals surface area (Å²) in [6.45, 7) is 0.214. The van der Waals surface area contributed by atoms with Crippen molar-refractivity contribution < 1.29 is 24.3 Å². The lowest BCUT2D eigenvalue weighted by atomic mass is 10.0. The smallest absolute Gasteiger partial charge is 0.254 e. The number of likely N-dealkylation sites (tertiary alicyclic amines) is 1. The van der Waals surface area contributed by atoms with Gasteiger partial charge in [-0.25, -0.2) is 0 Å². The Labute approximate surface area is 210 Å². The van der Waals surface area contributed by atoms with Crippen LogP contribution in [0, 0.1) is 0 Å². The first-order chi connectivity index (χ1) is 17.5. The van der Waals surface area contributed by atoms with Gasteiger partial charge in [-0.2, -0.15) is 0 Å². The van der Waals surface area contributed by atoms with Crippen molar-refractivity contribution in [2.24, 2.45) is 5.16 Å². The summed E-state index contributed by atoms with van der Waals surface area (Å²) in [5.74, 6) is 0.0999. The average molecular weight is 488 g/mol. The zero-order valence-corrected chi connectivity index (χ0v) is 20.3. The minimum atomic E-state index is -0.852. The molecule has 36 heavy (non-hydrogen) atoms. The second-order valence-electron chi connectivity index (χ2n) is 8.44. The highest BCUT2D eigenvalue weighted by Crippen LogP contribution is 2.30. The molecule has 0 unspecified atom stereocenters. The molecular formula is C28H29N3O5. The average Bonchev–Trinajstić information content (AvgIpc) is 3.36. The molecule has 0 aromatic heterocycles. The number of aliphatic hydroxyl groups is 1. The molecule has 8 nitrogen and oxygen atoms in total. The lowest BCUT2D eigenvalue weighted by Crippen LogP contribution is -2.46. The second kappa shape index (κ2) is 11.5. The van der Waals surface area contributed by atoms with Crippen molar-refractivity contribution in [3.63, 3.8) is 0 Å². The van der Waals surface area contributed by atoms with Gasteiger partial charge in [-0.15, -0.1) is 0 Å². The van der Waals surface area contributed by atoms with E-state index in [1.165, 1.54) is 12.0 Å². The number of nitrogens with zero attached hydrogens (tertiary/aromatic N) is 2. The standard InChI is InChI=1S/C28H29N3O5/c1-35-26-11-7-6-10-23(26)19-12-14-21(15-13-19)28(34)31-18-22(30-36-2)16-24(31)27(33)29-17-25(32)20-8-4-3-5-9-20/h3-15,24-25,32H,16-18H2,1-2H3,(H,29,33)/b30-22+/t24-,25-/m0/s1. The third-order valence-electron chi connectivity index (χ3n) is 6.15. The van der Waals surface area contributed by atoms with Crippen molar-refractivity contribution in [2.75, 3.05) is 27.3 Å². The van der Waals surface area contributed by atoms with Gasteiger partial charge in [0.1, 0.15) is 18.9 Å². The molecule has 1 aliphatic heterocycles. The number of methoxy groups -OCH3 is 1. The highest BCUT2D eigenvalue weighted by atomic mass is 16.6. The van der Waals surface area contributed by atoms with Crippen LogP contribution in [-0.4, -0.2) is 60.9 Å². The summed E-state index contributed by atoms with van der Waals surface area (Å²) in [4.78, 5) is 32.9. The molecule has 2 atom stereocenters. The van der Waals surface area contributed by atoms with E-state index in [0.717, 1.165) is 16.9 Å². The van der Waals surface area contributed by atoms with Crippen LogP contribution in [0.4, 0.5) is 0 Å². The molecule has 4 rings (SSSR count). The molecular weight excluding hydrogens is 458 g/mol. The molecule has 0 aliphatic carbocycles. The molecule has 3 aromatic rings. The van der Waals surface area contributed by atoms with Crippen molar-refractivity contribution in [3.05, 3.63) is 90.0 Å². The maximum atomic E-state index is 13.4. The van der Waals surface area contributed by atoms with Gasteiger partial charge < -0.3 is 24.9 Å². The first kappa shape index (κ1) is 24.9. The number of rotatable bonds is 8. The Morgan fingerprint density at radius 3 is 2.42 bits per heavy atom. The predicted molar refractivity (Wildman–Crippen MR) is 137 cm³/mol. The van der Waals surface area contributed by atoms with E-state index in [1.54, 1.807) is 31.4 Å². The molecule has 0 saturated carbocycles. The Bertz CT molecular complexity index is 1230. The van der Waals surface area contributed by atoms with E-state index in [9.17, 15) is 14.7 Å². The monoisotopic (exact) mass is 487 g/mol. The normalized spacial score (nSPS) is 17.0. The minimum Gasteiger partial charge on any atom is -0.496 e. The summed E-state index contributed by atoms with van der Waals surface area (Å²) >= 11 is 0. The van der Waals surface area contributed by atoms with Gasteiger partial charge in [0, 0.05) is 24.1 Å². The molecule has 3 aromatic carbocycles. The second-order valence-corrected chi connectivity index (χ2v) is 8.44. The van der Waals surface area contributed by atoms with Crippen LogP contribution in [0.25, 0.3) is 11.1 Å². The highest BCUT2D eigenvalue weighted by Gasteiger charge is 2.38. The number of nitrogens with one attached hydrogen (secondary N) is 1. The van der Waals surface area contributed by atoms with Crippen LogP contribution in [0.2, 0.25) is 0 Å². The highest BCUT2D eigenvalue weighted by molar-refractivity contribution is 6.05. The van der Waals surface area contributed by atoms with Gasteiger partial charge in [0.15, 0.2) is 0 Å². The minimum absolute atomic E-state index is 0.0335. The lowest BCUT2D eigenvalue weighted by molar-refractivity contribution is -0.125. The maximum Gasteiger partial charge on any atom is 0.254 e. The third-order valence-corrected chi connectivity index (χ3v) is 6.15. The molecule has 1 heterocycles. The Morgan fingerprint density at radius 2 is 1.72 bits per heavy atom. The molecule has 0 radical (unpaired) electrons. The van der Waals surface area contributed by atoms with Gasteiger partial charge in [-0.3, -0.25) is 9.59 Å². The Morgan fingerprint density at radius 1 is 1.03 bits per heavy atom. The fraction of sp³-hybridized carbons (Fsp3) is 0.250. The zero-order valence-electron chi connectivity index (χ0n) is 20.3. The van der Waals surface area contributed by atoms with E-state index in [-0.39, 0.29) is 31.3 Å². The summed E-state index contributed by atoms with van der Waals surface area (Å²) < 4.78 is 5.44. The van der Waals surface area contributed by atoms with Gasteiger partial charge >= 0.3 is 0 Å². The Kier molecular flexibility index (Phi) is 7.97. The molecule has 186 valence electrons. The van der Waals surface area contributed by atoms with Gasteiger partial charge in [0.2, 0.25) is 5.91 Å². The van der Waals surface area contributed by atoms with Crippen molar-refractivity contribution in [3.8, 4) is 16.9 Å². The van der Waals surface area contributed by atoms with Crippen LogP contribution in [0.3, 0.4) is 0 Å². The van der Waals surface area contributed by atoms with E-state index in [0.29, 0.717) is 16.8 Å². The molecule has 1 saturated heterocycles. The molecule has 8 heteroatoms. The Balaban J connectivity index is 1.49. The van der Waals surface area contributed by atoms with Crippen molar-refractivity contribution in [2.45, 2.75) is 18.6 Å². The summed E-state index contributed by atoms with van der Waals surface area (Å²) in [6, 6.07) is 23.2. The summed E-state index contributed by atoms with van der Waals surface area (Å²) in [6.07, 6.45) is -0.595. The number of benzene rings is 3. The van der Waals surface area contributed by atoms with Crippen molar-refractivity contribution >= 4 is 17.5 Å². The van der Waals surface area contributed by atoms with Gasteiger partial charge in [-0.05, 0) is 29.3 Å². The molecule has 1 aliphatic rings. The topological polar surface area (TPSA) is 100 Å². The molecule has 1 fully saturated rings. The predicted octanol–water partition coefficient (Wildman–Crippen LogP) is 3.43. The van der Waals surface area contributed by atoms with E-state index in [4.69, 9.17) is 9.57 Å². The van der Waals surface area contributed by atoms with E-state index in [2.05, 4.69) is 10.5 Å². The van der Waals surface area contributed by atoms with Gasteiger partial charge in [0.05, 0.1) is 25.5 Å². The maximum absolute atomic E-state index is 13.4. The van der Waals surface area contributed by atoms with Crippen LogP contribution < -0.4 is 10.1 Å². The number of hydrogen-bond donors (Lipinski definition) is 2. The quantitative estimate of drug-likeness (QED) is 0.474. The SMILES string of the molecule is CO/N=C1\C[C@@H](C(=O)NC[C@H](O)c2ccccc2)N(C(=O)c2ccc(-c3ccccc3OC)cc2)C1. The van der Waals surface area contributed by atoms with Gasteiger partial charge in [0.25, 0.3) is 5.91 Å². The number of carbonyl (C=O) groups is 2. The molecule has 2 N–H and O–H groups in total. The number of hydrogen-bond acceptors (Lipinski definition) is 6. The molecule has 2 amide bonds. The van der Waals surface area contributed by atoms with Crippen LogP contribution in [-0.2, 0) is 9.63 Å². The number of oxime groups is 1. The summed E-state index contributed by atoms with van der Waals surface area (Å²) in [7, 11) is 3.05. The first-order valence-electron chi connectivity index (χ1n) is 11.7. The summed E-state index contributed by atoms with van der Waals surface area (Å²) in [5, 5.41) is 17.2. The zero-order chi connectivity index (χ0) is 25.5. The Hall–Kier alpha value is -4.17. The fourth-order valence-electron chi connectivity index (χ4n) is 4.30. The van der Waals surface area contributed by atoms with E-state index in [1.807, 2.05) is 54.6 Å². The van der Waals surface area contributed by atoms with Crippen LogP contribution >= 0.6 is 0 Å². The van der Waals surface area contributed by atoms with Gasteiger partial charge in [-0.1, -0.05) is 65.8 Å². The number of ether oxygens (including phenoxy) is 1. The largest absolute Gasteiger partial charge is 0.496 e. The first-order valence-corrected chi connectivity index (χ1v) is 11.7. The van der Waals surface area contributed by atoms with Crippen molar-refractivity contribution in [1.82, 2.24) is 10.2 Å². The number of aliphatic hydroxyl groups excluding tert-OH is 1. The lowest BCUT2D eigenvalue weighted by Gasteiger charge is -2.24.